The minimum atomic E-state index is -0.170. The Kier molecular flexibility index (Phi) is 4.86. The van der Waals surface area contributed by atoms with E-state index in [-0.39, 0.29) is 5.91 Å². The Morgan fingerprint density at radius 2 is 1.71 bits per heavy atom. The Balaban J connectivity index is 2.28. The van der Waals surface area contributed by atoms with Crippen molar-refractivity contribution in [1.82, 2.24) is 0 Å². The first-order valence-electron chi connectivity index (χ1n) is 6.93. The molecule has 0 bridgehead atoms. The summed E-state index contributed by atoms with van der Waals surface area (Å²) < 4.78 is 0. The van der Waals surface area contributed by atoms with Crippen LogP contribution in [0.1, 0.15) is 28.4 Å². The maximum absolute atomic E-state index is 12.4. The molecule has 0 radical (unpaired) electrons. The second-order valence-corrected chi connectivity index (χ2v) is 5.42. The van der Waals surface area contributed by atoms with Gasteiger partial charge in [-0.05, 0) is 56.2 Å². The molecule has 0 unspecified atom stereocenters. The van der Waals surface area contributed by atoms with E-state index in [1.807, 2.05) is 57.2 Å². The largest absolute Gasteiger partial charge is 0.385 e. The Hall–Kier alpha value is -2.00. The highest BCUT2D eigenvalue weighted by Crippen LogP contribution is 2.25. The van der Waals surface area contributed by atoms with Gasteiger partial charge in [0.2, 0.25) is 0 Å². The minimum absolute atomic E-state index is 0.170. The number of amides is 1. The molecule has 0 saturated heterocycles. The predicted octanol–water partition coefficient (Wildman–Crippen LogP) is 4.64. The summed E-state index contributed by atoms with van der Waals surface area (Å²) in [5.74, 6) is -0.170. The number of hydrogen-bond acceptors (Lipinski definition) is 2. The molecule has 2 rings (SSSR count). The van der Waals surface area contributed by atoms with Crippen molar-refractivity contribution in [2.24, 2.45) is 0 Å². The normalized spacial score (nSPS) is 10.3. The van der Waals surface area contributed by atoms with Gasteiger partial charge in [0, 0.05) is 12.2 Å². The third-order valence-electron chi connectivity index (χ3n) is 3.16. The van der Waals surface area contributed by atoms with Crippen molar-refractivity contribution >= 4 is 28.9 Å². The van der Waals surface area contributed by atoms with Gasteiger partial charge in [-0.3, -0.25) is 4.79 Å². The quantitative estimate of drug-likeness (QED) is 0.863. The highest BCUT2D eigenvalue weighted by molar-refractivity contribution is 6.34. The summed E-state index contributed by atoms with van der Waals surface area (Å²) in [7, 11) is 0. The molecule has 2 N–H and O–H groups in total. The number of aryl methyl sites for hydroxylation is 2. The van der Waals surface area contributed by atoms with Crippen molar-refractivity contribution in [2.45, 2.75) is 20.8 Å². The van der Waals surface area contributed by atoms with E-state index in [0.29, 0.717) is 16.3 Å². The van der Waals surface area contributed by atoms with Crippen LogP contribution in [0.15, 0.2) is 36.4 Å². The van der Waals surface area contributed by atoms with Crippen LogP contribution in [-0.4, -0.2) is 12.5 Å². The topological polar surface area (TPSA) is 41.1 Å². The highest BCUT2D eigenvalue weighted by atomic mass is 35.5. The van der Waals surface area contributed by atoms with Gasteiger partial charge in [-0.25, -0.2) is 0 Å². The Labute approximate surface area is 130 Å². The second kappa shape index (κ2) is 6.64. The van der Waals surface area contributed by atoms with Crippen molar-refractivity contribution in [1.29, 1.82) is 0 Å². The molecule has 4 heteroatoms. The average Bonchev–Trinajstić information content (AvgIpc) is 2.42. The van der Waals surface area contributed by atoms with Crippen LogP contribution in [0.4, 0.5) is 11.4 Å². The van der Waals surface area contributed by atoms with E-state index in [1.165, 1.54) is 0 Å². The number of hydrogen-bond donors (Lipinski definition) is 2. The van der Waals surface area contributed by atoms with Gasteiger partial charge in [-0.2, -0.15) is 0 Å². The molecule has 0 aliphatic heterocycles. The molecule has 0 spiro atoms. The fourth-order valence-electron chi connectivity index (χ4n) is 2.10. The van der Waals surface area contributed by atoms with Crippen molar-refractivity contribution in [3.05, 3.63) is 58.1 Å². The van der Waals surface area contributed by atoms with Crippen LogP contribution in [0, 0.1) is 13.8 Å². The lowest BCUT2D eigenvalue weighted by Crippen LogP contribution is -2.15. The SMILES string of the molecule is CCNc1cc(C)ccc1C(=O)Nc1ccc(C)cc1Cl. The summed E-state index contributed by atoms with van der Waals surface area (Å²) in [6.45, 7) is 6.72. The predicted molar refractivity (Wildman–Crippen MR) is 89.5 cm³/mol. The first-order chi connectivity index (χ1) is 10.0. The third-order valence-corrected chi connectivity index (χ3v) is 3.47. The van der Waals surface area contributed by atoms with E-state index >= 15 is 0 Å². The van der Waals surface area contributed by atoms with Gasteiger partial charge >= 0.3 is 0 Å². The van der Waals surface area contributed by atoms with E-state index < -0.39 is 0 Å². The van der Waals surface area contributed by atoms with Gasteiger partial charge in [0.25, 0.3) is 5.91 Å². The number of carbonyl (C=O) groups is 1. The van der Waals surface area contributed by atoms with Crippen LogP contribution in [0.25, 0.3) is 0 Å². The molecule has 0 saturated carbocycles. The molecule has 0 aromatic heterocycles. The van der Waals surface area contributed by atoms with E-state index in [0.717, 1.165) is 23.4 Å². The van der Waals surface area contributed by atoms with Gasteiger partial charge in [-0.15, -0.1) is 0 Å². The first kappa shape index (κ1) is 15.4. The van der Waals surface area contributed by atoms with Crippen LogP contribution in [-0.2, 0) is 0 Å². The van der Waals surface area contributed by atoms with E-state index in [2.05, 4.69) is 10.6 Å². The molecular weight excluding hydrogens is 284 g/mol. The molecule has 2 aromatic rings. The lowest BCUT2D eigenvalue weighted by atomic mass is 10.1. The van der Waals surface area contributed by atoms with Crippen LogP contribution < -0.4 is 10.6 Å². The smallest absolute Gasteiger partial charge is 0.257 e. The Morgan fingerprint density at radius 1 is 1.05 bits per heavy atom. The van der Waals surface area contributed by atoms with Gasteiger partial charge < -0.3 is 10.6 Å². The molecule has 110 valence electrons. The summed E-state index contributed by atoms with van der Waals surface area (Å²) in [6.07, 6.45) is 0. The number of benzene rings is 2. The lowest BCUT2D eigenvalue weighted by Gasteiger charge is -2.13. The number of halogens is 1. The average molecular weight is 303 g/mol. The number of nitrogens with one attached hydrogen (secondary N) is 2. The van der Waals surface area contributed by atoms with Gasteiger partial charge in [0.05, 0.1) is 16.3 Å². The fourth-order valence-corrected chi connectivity index (χ4v) is 2.39. The number of rotatable bonds is 4. The molecular formula is C17H19ClN2O. The summed E-state index contributed by atoms with van der Waals surface area (Å²) >= 11 is 6.16. The number of carbonyl (C=O) groups excluding carboxylic acids is 1. The van der Waals surface area contributed by atoms with Crippen LogP contribution in [0.5, 0.6) is 0 Å². The van der Waals surface area contributed by atoms with Crippen molar-refractivity contribution < 1.29 is 4.79 Å². The van der Waals surface area contributed by atoms with Crippen molar-refractivity contribution in [3.63, 3.8) is 0 Å². The molecule has 0 fully saturated rings. The van der Waals surface area contributed by atoms with Crippen LogP contribution in [0.2, 0.25) is 5.02 Å². The molecule has 0 heterocycles. The highest BCUT2D eigenvalue weighted by Gasteiger charge is 2.13. The first-order valence-corrected chi connectivity index (χ1v) is 7.31. The molecule has 1 amide bonds. The van der Waals surface area contributed by atoms with E-state index in [1.54, 1.807) is 0 Å². The maximum Gasteiger partial charge on any atom is 0.257 e. The minimum Gasteiger partial charge on any atom is -0.385 e. The molecule has 0 atom stereocenters. The van der Waals surface area contributed by atoms with E-state index in [9.17, 15) is 4.79 Å². The standard InChI is InChI=1S/C17H19ClN2O/c1-4-19-16-10-12(3)5-7-13(16)17(21)20-15-8-6-11(2)9-14(15)18/h5-10,19H,4H2,1-3H3,(H,20,21). The fraction of sp³-hybridized carbons (Fsp3) is 0.235. The lowest BCUT2D eigenvalue weighted by molar-refractivity contribution is 0.102. The summed E-state index contributed by atoms with van der Waals surface area (Å²) in [6, 6.07) is 11.3. The van der Waals surface area contributed by atoms with E-state index in [4.69, 9.17) is 11.6 Å². The number of anilines is 2. The molecule has 2 aromatic carbocycles. The van der Waals surface area contributed by atoms with Gasteiger partial charge in [0.15, 0.2) is 0 Å². The van der Waals surface area contributed by atoms with Crippen molar-refractivity contribution in [2.75, 3.05) is 17.2 Å². The summed E-state index contributed by atoms with van der Waals surface area (Å²) in [5.41, 5.74) is 4.23. The van der Waals surface area contributed by atoms with Crippen LogP contribution in [0.3, 0.4) is 0 Å². The zero-order valence-electron chi connectivity index (χ0n) is 12.5. The van der Waals surface area contributed by atoms with Crippen LogP contribution >= 0.6 is 11.6 Å². The maximum atomic E-state index is 12.4. The molecule has 0 aliphatic carbocycles. The van der Waals surface area contributed by atoms with Crippen molar-refractivity contribution in [3.8, 4) is 0 Å². The monoisotopic (exact) mass is 302 g/mol. The molecule has 0 aliphatic rings. The molecule has 3 nitrogen and oxygen atoms in total. The zero-order valence-corrected chi connectivity index (χ0v) is 13.2. The van der Waals surface area contributed by atoms with Gasteiger partial charge in [0.1, 0.15) is 0 Å². The Morgan fingerprint density at radius 3 is 2.38 bits per heavy atom. The summed E-state index contributed by atoms with van der Waals surface area (Å²) in [5, 5.41) is 6.62. The van der Waals surface area contributed by atoms with Gasteiger partial charge in [-0.1, -0.05) is 23.7 Å². The Bertz CT molecular complexity index is 668. The molecule has 21 heavy (non-hydrogen) atoms. The second-order valence-electron chi connectivity index (χ2n) is 5.02. The summed E-state index contributed by atoms with van der Waals surface area (Å²) in [4.78, 5) is 12.4. The zero-order chi connectivity index (χ0) is 15.4. The third kappa shape index (κ3) is 3.76.